The smallest absolute Gasteiger partial charge is 0.249 e. The highest BCUT2D eigenvalue weighted by molar-refractivity contribution is 7.89. The van der Waals surface area contributed by atoms with Gasteiger partial charge in [0.25, 0.3) is 0 Å². The fourth-order valence-corrected chi connectivity index (χ4v) is 9.57. The molecule has 1 aliphatic carbocycles. The number of aryl methyl sites for hydroxylation is 1. The summed E-state index contributed by atoms with van der Waals surface area (Å²) in [6.45, 7) is 6.11. The minimum absolute atomic E-state index is 0.00815. The molecule has 236 valence electrons. The minimum atomic E-state index is -4.07. The molecule has 0 saturated heterocycles. The van der Waals surface area contributed by atoms with E-state index < -0.39 is 22.2 Å². The Bertz CT molecular complexity index is 1630. The molecule has 0 bridgehead atoms. The van der Waals surface area contributed by atoms with Gasteiger partial charge in [-0.05, 0) is 86.9 Å². The molecule has 9 nitrogen and oxygen atoms in total. The van der Waals surface area contributed by atoms with Gasteiger partial charge in [-0.15, -0.1) is 0 Å². The second-order valence-corrected chi connectivity index (χ2v) is 14.7. The molecule has 2 aromatic heterocycles. The summed E-state index contributed by atoms with van der Waals surface area (Å²) in [5.74, 6) is -0.184. The Hall–Kier alpha value is -2.47. The average molecular weight is 661 g/mol. The van der Waals surface area contributed by atoms with Gasteiger partial charge in [0.05, 0.1) is 22.7 Å². The number of carbonyl (C=O) groups excluding carboxylic acids is 1. The van der Waals surface area contributed by atoms with Gasteiger partial charge < -0.3 is 14.6 Å². The normalized spacial score (nSPS) is 23.5. The molecule has 6 rings (SSSR count). The third-order valence-electron chi connectivity index (χ3n) is 9.35. The minimum Gasteiger partial charge on any atom is -0.367 e. The number of rotatable bonds is 8. The highest BCUT2D eigenvalue weighted by Gasteiger charge is 2.40. The van der Waals surface area contributed by atoms with Crippen molar-refractivity contribution in [3.8, 4) is 0 Å². The second-order valence-electron chi connectivity index (χ2n) is 12.1. The highest BCUT2D eigenvalue weighted by Crippen LogP contribution is 2.39. The zero-order chi connectivity index (χ0) is 31.0. The van der Waals surface area contributed by atoms with E-state index in [1.165, 1.54) is 15.4 Å². The Kier molecular flexibility index (Phi) is 9.38. The number of sulfonamides is 1. The first-order valence-corrected chi connectivity index (χ1v) is 17.5. The van der Waals surface area contributed by atoms with Gasteiger partial charge in [0, 0.05) is 62.5 Å². The molecular weight excluding hydrogens is 621 g/mol. The second kappa shape index (κ2) is 13.1. The molecule has 1 fully saturated rings. The lowest BCUT2D eigenvalue weighted by Gasteiger charge is -2.40. The quantitative estimate of drug-likeness (QED) is 0.360. The predicted molar refractivity (Wildman–Crippen MR) is 170 cm³/mol. The summed E-state index contributed by atoms with van der Waals surface area (Å²) in [7, 11) is -4.07. The van der Waals surface area contributed by atoms with Crippen molar-refractivity contribution >= 4 is 39.1 Å². The van der Waals surface area contributed by atoms with Crippen LogP contribution in [-0.2, 0) is 39.1 Å². The maximum atomic E-state index is 14.0. The van der Waals surface area contributed by atoms with Gasteiger partial charge in [-0.2, -0.15) is 4.31 Å². The summed E-state index contributed by atoms with van der Waals surface area (Å²) in [5, 5.41) is 3.41. The van der Waals surface area contributed by atoms with Gasteiger partial charge in [0.2, 0.25) is 15.9 Å². The van der Waals surface area contributed by atoms with E-state index in [1.807, 2.05) is 35.3 Å². The van der Waals surface area contributed by atoms with Crippen molar-refractivity contribution in [2.45, 2.75) is 88.2 Å². The van der Waals surface area contributed by atoms with Crippen LogP contribution in [-0.4, -0.2) is 71.0 Å². The third kappa shape index (κ3) is 6.30. The number of hydrogen-bond acceptors (Lipinski definition) is 6. The molecule has 44 heavy (non-hydrogen) atoms. The molecule has 0 radical (unpaired) electrons. The van der Waals surface area contributed by atoms with Gasteiger partial charge in [0.15, 0.2) is 0 Å². The molecule has 1 aromatic carbocycles. The third-order valence-corrected chi connectivity index (χ3v) is 12.4. The number of hydrogen-bond donors (Lipinski definition) is 1. The average Bonchev–Trinajstić information content (AvgIpc) is 3.51. The van der Waals surface area contributed by atoms with E-state index in [-0.39, 0.29) is 40.0 Å². The summed E-state index contributed by atoms with van der Waals surface area (Å²) in [4.78, 5) is 20.0. The molecule has 4 atom stereocenters. The number of halogens is 2. The lowest BCUT2D eigenvalue weighted by molar-refractivity contribution is -0.133. The van der Waals surface area contributed by atoms with Gasteiger partial charge >= 0.3 is 0 Å². The first-order chi connectivity index (χ1) is 21.1. The molecule has 12 heteroatoms. The number of fused-ring (bicyclic) bond motifs is 2. The Balaban J connectivity index is 1.11. The molecular formula is C32H39Cl2N5O4S. The number of ether oxygens (including phenoxy) is 1. The van der Waals surface area contributed by atoms with Crippen molar-refractivity contribution in [1.29, 1.82) is 0 Å². The zero-order valence-corrected chi connectivity index (χ0v) is 27.4. The summed E-state index contributed by atoms with van der Waals surface area (Å²) in [5.41, 5.74) is 4.09. The van der Waals surface area contributed by atoms with Crippen molar-refractivity contribution in [3.05, 3.63) is 81.4 Å². The molecule has 4 unspecified atom stereocenters. The van der Waals surface area contributed by atoms with Crippen LogP contribution in [0.2, 0.25) is 10.0 Å². The van der Waals surface area contributed by atoms with E-state index in [4.69, 9.17) is 27.9 Å². The molecule has 0 spiro atoms. The first-order valence-electron chi connectivity index (χ1n) is 15.3. The van der Waals surface area contributed by atoms with Gasteiger partial charge in [-0.1, -0.05) is 29.3 Å². The van der Waals surface area contributed by atoms with E-state index >= 15 is 0 Å². The van der Waals surface area contributed by atoms with E-state index in [0.29, 0.717) is 18.2 Å². The van der Waals surface area contributed by atoms with Crippen molar-refractivity contribution in [2.75, 3.05) is 19.7 Å². The van der Waals surface area contributed by atoms with Gasteiger partial charge in [-0.3, -0.25) is 14.7 Å². The Labute approximate surface area is 269 Å². The first kappa shape index (κ1) is 31.5. The maximum absolute atomic E-state index is 14.0. The zero-order valence-electron chi connectivity index (χ0n) is 25.1. The molecule has 1 N–H and O–H groups in total. The molecule has 3 aliphatic rings. The van der Waals surface area contributed by atoms with E-state index in [1.54, 1.807) is 26.0 Å². The fraction of sp³-hybridized carbons (Fsp3) is 0.500. The van der Waals surface area contributed by atoms with E-state index in [9.17, 15) is 13.2 Å². The van der Waals surface area contributed by atoms with Crippen LogP contribution in [0.3, 0.4) is 0 Å². The standard InChI is InChI=1S/C32H39Cl2N5O4S/c1-21-8-9-27(33)31(30(21)34)44(41,42)39-16-15-37-13-4-7-28(37)29(39)20-43-22(2)32(40)36-25-5-3-6-26(17-25)38-14-11-23-18-35-12-10-24(23)19-38/h4,7-10,12-13,18,22,25-26,29H,3,5-6,11,14-17,19-20H2,1-2H3,(H,36,40). The summed E-state index contributed by atoms with van der Waals surface area (Å²) >= 11 is 12.9. The van der Waals surface area contributed by atoms with Gasteiger partial charge in [0.1, 0.15) is 11.0 Å². The van der Waals surface area contributed by atoms with Crippen LogP contribution < -0.4 is 5.32 Å². The van der Waals surface area contributed by atoms with Crippen molar-refractivity contribution in [2.24, 2.45) is 0 Å². The number of nitrogens with one attached hydrogen (secondary N) is 1. The predicted octanol–water partition coefficient (Wildman–Crippen LogP) is 5.13. The molecule has 1 amide bonds. The summed E-state index contributed by atoms with van der Waals surface area (Å²) < 4.78 is 37.5. The van der Waals surface area contributed by atoms with Crippen molar-refractivity contribution in [1.82, 2.24) is 24.1 Å². The Morgan fingerprint density at radius 1 is 1.14 bits per heavy atom. The van der Waals surface area contributed by atoms with Crippen LogP contribution in [0.1, 0.15) is 61.0 Å². The summed E-state index contributed by atoms with van der Waals surface area (Å²) in [6, 6.07) is 8.98. The highest BCUT2D eigenvalue weighted by atomic mass is 35.5. The molecule has 3 aromatic rings. The number of amides is 1. The monoisotopic (exact) mass is 659 g/mol. The molecule has 2 aliphatic heterocycles. The number of carbonyl (C=O) groups is 1. The number of aromatic nitrogens is 2. The van der Waals surface area contributed by atoms with E-state index in [2.05, 4.69) is 21.3 Å². The molecule has 1 saturated carbocycles. The number of nitrogens with zero attached hydrogens (tertiary/aromatic N) is 4. The van der Waals surface area contributed by atoms with Gasteiger partial charge in [-0.25, -0.2) is 8.42 Å². The lowest BCUT2D eigenvalue weighted by atomic mass is 9.88. The number of benzene rings is 1. The SMILES string of the molecule is Cc1ccc(Cl)c(S(=O)(=O)N2CCn3cccc3C2COC(C)C(=O)NC2CCCC(N3CCc4cnccc4C3)C2)c1Cl. The van der Waals surface area contributed by atoms with E-state index in [0.717, 1.165) is 50.9 Å². The maximum Gasteiger partial charge on any atom is 0.249 e. The summed E-state index contributed by atoms with van der Waals surface area (Å²) in [6.07, 6.45) is 10.0. The van der Waals surface area contributed by atoms with Crippen LogP contribution in [0.4, 0.5) is 0 Å². The Morgan fingerprint density at radius 3 is 2.82 bits per heavy atom. The van der Waals surface area contributed by atoms with Crippen LogP contribution in [0.15, 0.2) is 53.8 Å². The largest absolute Gasteiger partial charge is 0.367 e. The molecule has 4 heterocycles. The van der Waals surface area contributed by atoms with Crippen molar-refractivity contribution < 1.29 is 17.9 Å². The Morgan fingerprint density at radius 2 is 1.98 bits per heavy atom. The van der Waals surface area contributed by atoms with Crippen LogP contribution in [0, 0.1) is 6.92 Å². The lowest BCUT2D eigenvalue weighted by Crippen LogP contribution is -2.49. The van der Waals surface area contributed by atoms with Crippen LogP contribution in [0.25, 0.3) is 0 Å². The number of pyridine rings is 1. The van der Waals surface area contributed by atoms with Crippen LogP contribution in [0.5, 0.6) is 0 Å². The topological polar surface area (TPSA) is 96.8 Å². The van der Waals surface area contributed by atoms with Crippen molar-refractivity contribution in [3.63, 3.8) is 0 Å². The van der Waals surface area contributed by atoms with Crippen LogP contribution >= 0.6 is 23.2 Å². The fourth-order valence-electron chi connectivity index (χ4n) is 6.85.